The third-order valence-electron chi connectivity index (χ3n) is 3.48. The van der Waals surface area contributed by atoms with Gasteiger partial charge in [0.25, 0.3) is 5.91 Å². The molecule has 120 valence electrons. The molecule has 1 aromatic rings. The number of hydrogen-bond donors (Lipinski definition) is 1. The molecule has 1 saturated carbocycles. The van der Waals surface area contributed by atoms with Gasteiger partial charge in [-0.05, 0) is 37.0 Å². The minimum Gasteiger partial charge on any atom is -0.478 e. The van der Waals surface area contributed by atoms with Gasteiger partial charge in [-0.3, -0.25) is 4.79 Å². The van der Waals surface area contributed by atoms with E-state index in [0.29, 0.717) is 0 Å². The SMILES string of the molecule is O=C(O)c1cccc(C(=O)N(CCC(F)(F)F)CC2CC2)c1. The first-order valence-corrected chi connectivity index (χ1v) is 6.95. The molecule has 0 heterocycles. The van der Waals surface area contributed by atoms with E-state index in [0.717, 1.165) is 12.8 Å². The first-order chi connectivity index (χ1) is 10.3. The van der Waals surface area contributed by atoms with Crippen LogP contribution in [-0.2, 0) is 0 Å². The van der Waals surface area contributed by atoms with Crippen LogP contribution in [0.5, 0.6) is 0 Å². The quantitative estimate of drug-likeness (QED) is 0.877. The molecule has 0 aromatic heterocycles. The molecular formula is C15H16F3NO3. The first-order valence-electron chi connectivity index (χ1n) is 6.95. The van der Waals surface area contributed by atoms with Crippen molar-refractivity contribution in [1.29, 1.82) is 0 Å². The van der Waals surface area contributed by atoms with Gasteiger partial charge in [0.1, 0.15) is 0 Å². The standard InChI is InChI=1S/C15H16F3NO3/c16-15(17,18)6-7-19(9-10-4-5-10)13(20)11-2-1-3-12(8-11)14(21)22/h1-3,8,10H,4-7,9H2,(H,21,22). The molecule has 1 amide bonds. The Hall–Kier alpha value is -2.05. The molecule has 22 heavy (non-hydrogen) atoms. The second-order valence-electron chi connectivity index (χ2n) is 5.45. The fourth-order valence-electron chi connectivity index (χ4n) is 2.12. The second kappa shape index (κ2) is 6.37. The number of alkyl halides is 3. The van der Waals surface area contributed by atoms with Gasteiger partial charge in [-0.25, -0.2) is 4.79 Å². The van der Waals surface area contributed by atoms with Crippen molar-refractivity contribution in [3.8, 4) is 0 Å². The number of amides is 1. The van der Waals surface area contributed by atoms with Crippen molar-refractivity contribution >= 4 is 11.9 Å². The van der Waals surface area contributed by atoms with Crippen molar-refractivity contribution in [3.63, 3.8) is 0 Å². The Bertz CT molecular complexity index is 567. The zero-order valence-electron chi connectivity index (χ0n) is 11.8. The summed E-state index contributed by atoms with van der Waals surface area (Å²) in [6, 6.07) is 5.36. The van der Waals surface area contributed by atoms with Crippen LogP contribution in [0.25, 0.3) is 0 Å². The van der Waals surface area contributed by atoms with Crippen molar-refractivity contribution < 1.29 is 27.9 Å². The van der Waals surface area contributed by atoms with Crippen LogP contribution < -0.4 is 0 Å². The Labute approximate surface area is 125 Å². The number of aromatic carboxylic acids is 1. The molecule has 1 fully saturated rings. The number of hydrogen-bond acceptors (Lipinski definition) is 2. The van der Waals surface area contributed by atoms with Gasteiger partial charge >= 0.3 is 12.1 Å². The third kappa shape index (κ3) is 4.75. The van der Waals surface area contributed by atoms with Crippen LogP contribution in [0.1, 0.15) is 40.0 Å². The highest BCUT2D eigenvalue weighted by molar-refractivity contribution is 5.97. The van der Waals surface area contributed by atoms with Gasteiger partial charge < -0.3 is 10.0 Å². The highest BCUT2D eigenvalue weighted by Crippen LogP contribution is 2.31. The normalized spacial score (nSPS) is 14.7. The average Bonchev–Trinajstić information content (AvgIpc) is 3.26. The van der Waals surface area contributed by atoms with E-state index in [2.05, 4.69) is 0 Å². The molecule has 0 unspecified atom stereocenters. The summed E-state index contributed by atoms with van der Waals surface area (Å²) in [5.41, 5.74) is 0.0377. The van der Waals surface area contributed by atoms with Crippen LogP contribution >= 0.6 is 0 Å². The molecule has 0 atom stereocenters. The molecular weight excluding hydrogens is 299 g/mol. The van der Waals surface area contributed by atoms with Crippen LogP contribution in [0.2, 0.25) is 0 Å². The maximum atomic E-state index is 12.4. The Kier molecular flexibility index (Phi) is 4.73. The minimum absolute atomic E-state index is 0.0620. The monoisotopic (exact) mass is 315 g/mol. The van der Waals surface area contributed by atoms with Crippen molar-refractivity contribution in [2.75, 3.05) is 13.1 Å². The molecule has 7 heteroatoms. The summed E-state index contributed by atoms with van der Waals surface area (Å²) in [7, 11) is 0. The number of halogens is 3. The highest BCUT2D eigenvalue weighted by atomic mass is 19.4. The number of nitrogens with zero attached hydrogens (tertiary/aromatic N) is 1. The van der Waals surface area contributed by atoms with E-state index in [4.69, 9.17) is 5.11 Å². The number of rotatable bonds is 6. The van der Waals surface area contributed by atoms with E-state index in [-0.39, 0.29) is 23.6 Å². The van der Waals surface area contributed by atoms with Gasteiger partial charge in [-0.2, -0.15) is 13.2 Å². The maximum absolute atomic E-state index is 12.4. The molecule has 2 rings (SSSR count). The predicted octanol–water partition coefficient (Wildman–Crippen LogP) is 3.19. The highest BCUT2D eigenvalue weighted by Gasteiger charge is 2.32. The Morgan fingerprint density at radius 3 is 2.41 bits per heavy atom. The fraction of sp³-hybridized carbons (Fsp3) is 0.467. The first kappa shape index (κ1) is 16.3. The van der Waals surface area contributed by atoms with E-state index in [1.165, 1.54) is 29.2 Å². The van der Waals surface area contributed by atoms with Crippen LogP contribution in [0.3, 0.4) is 0 Å². The van der Waals surface area contributed by atoms with E-state index in [9.17, 15) is 22.8 Å². The molecule has 4 nitrogen and oxygen atoms in total. The molecule has 0 aliphatic heterocycles. The fourth-order valence-corrected chi connectivity index (χ4v) is 2.12. The molecule has 0 bridgehead atoms. The largest absolute Gasteiger partial charge is 0.478 e. The zero-order valence-corrected chi connectivity index (χ0v) is 11.8. The Morgan fingerprint density at radius 2 is 1.86 bits per heavy atom. The number of carbonyl (C=O) groups is 2. The lowest BCUT2D eigenvalue weighted by Gasteiger charge is -2.23. The summed E-state index contributed by atoms with van der Waals surface area (Å²) in [5.74, 6) is -1.49. The molecule has 1 aliphatic rings. The summed E-state index contributed by atoms with van der Waals surface area (Å²) in [5, 5.41) is 8.92. The van der Waals surface area contributed by atoms with Crippen LogP contribution in [0.4, 0.5) is 13.2 Å². The molecule has 1 aromatic carbocycles. The van der Waals surface area contributed by atoms with E-state index >= 15 is 0 Å². The van der Waals surface area contributed by atoms with Gasteiger partial charge in [0.2, 0.25) is 0 Å². The lowest BCUT2D eigenvalue weighted by Crippen LogP contribution is -2.35. The van der Waals surface area contributed by atoms with E-state index < -0.39 is 31.0 Å². The van der Waals surface area contributed by atoms with Crippen molar-refractivity contribution in [3.05, 3.63) is 35.4 Å². The molecule has 0 saturated heterocycles. The smallest absolute Gasteiger partial charge is 0.390 e. The van der Waals surface area contributed by atoms with Crippen molar-refractivity contribution in [2.45, 2.75) is 25.4 Å². The Morgan fingerprint density at radius 1 is 1.23 bits per heavy atom. The lowest BCUT2D eigenvalue weighted by molar-refractivity contribution is -0.136. The lowest BCUT2D eigenvalue weighted by atomic mass is 10.1. The van der Waals surface area contributed by atoms with Gasteiger partial charge in [0.15, 0.2) is 0 Å². The summed E-state index contributed by atoms with van der Waals surface area (Å²) < 4.78 is 37.2. The minimum atomic E-state index is -4.33. The third-order valence-corrected chi connectivity index (χ3v) is 3.48. The van der Waals surface area contributed by atoms with Gasteiger partial charge in [0, 0.05) is 18.7 Å². The van der Waals surface area contributed by atoms with Gasteiger partial charge in [-0.1, -0.05) is 6.07 Å². The van der Waals surface area contributed by atoms with Gasteiger partial charge in [0.05, 0.1) is 12.0 Å². The van der Waals surface area contributed by atoms with E-state index in [1.807, 2.05) is 0 Å². The molecule has 0 radical (unpaired) electrons. The Balaban J connectivity index is 2.13. The van der Waals surface area contributed by atoms with Crippen LogP contribution in [0.15, 0.2) is 24.3 Å². The van der Waals surface area contributed by atoms with Crippen molar-refractivity contribution in [1.82, 2.24) is 4.90 Å². The molecule has 1 N–H and O–H groups in total. The van der Waals surface area contributed by atoms with Gasteiger partial charge in [-0.15, -0.1) is 0 Å². The summed E-state index contributed by atoms with van der Waals surface area (Å²) >= 11 is 0. The van der Waals surface area contributed by atoms with E-state index in [1.54, 1.807) is 0 Å². The molecule has 1 aliphatic carbocycles. The zero-order chi connectivity index (χ0) is 16.3. The number of benzene rings is 1. The summed E-state index contributed by atoms with van der Waals surface area (Å²) in [6.07, 6.45) is -3.58. The average molecular weight is 315 g/mol. The maximum Gasteiger partial charge on any atom is 0.390 e. The predicted molar refractivity (Wildman–Crippen MR) is 72.7 cm³/mol. The molecule has 0 spiro atoms. The number of carboxylic acid groups (broad SMARTS) is 1. The summed E-state index contributed by atoms with van der Waals surface area (Å²) in [6.45, 7) is -0.123. The van der Waals surface area contributed by atoms with Crippen LogP contribution in [0, 0.1) is 5.92 Å². The van der Waals surface area contributed by atoms with Crippen LogP contribution in [-0.4, -0.2) is 41.1 Å². The number of carbonyl (C=O) groups excluding carboxylic acids is 1. The summed E-state index contributed by atoms with van der Waals surface area (Å²) in [4.78, 5) is 24.5. The second-order valence-corrected chi connectivity index (χ2v) is 5.45. The van der Waals surface area contributed by atoms with Crippen molar-refractivity contribution in [2.24, 2.45) is 5.92 Å². The number of carboxylic acids is 1. The topological polar surface area (TPSA) is 57.6 Å².